The monoisotopic (exact) mass is 293 g/mol. The SMILES string of the molecule is CC(=O)O/N=C(\N)COc1ccc(Cl)c2cccnc12. The minimum atomic E-state index is -0.549. The minimum absolute atomic E-state index is 0.0272. The van der Waals surface area contributed by atoms with Crippen LogP contribution in [0.1, 0.15) is 6.92 Å². The number of nitrogens with zero attached hydrogens (tertiary/aromatic N) is 2. The molecule has 0 aliphatic rings. The molecule has 2 rings (SSSR count). The second-order valence-corrected chi connectivity index (χ2v) is 4.31. The number of oxime groups is 1. The smallest absolute Gasteiger partial charge is 0.332 e. The van der Waals surface area contributed by atoms with Crippen molar-refractivity contribution in [3.05, 3.63) is 35.5 Å². The van der Waals surface area contributed by atoms with Crippen molar-refractivity contribution in [2.75, 3.05) is 6.61 Å². The predicted octanol–water partition coefficient (Wildman–Crippen LogP) is 2.10. The summed E-state index contributed by atoms with van der Waals surface area (Å²) in [6.07, 6.45) is 1.64. The number of benzene rings is 1. The molecule has 0 saturated heterocycles. The van der Waals surface area contributed by atoms with Crippen LogP contribution in [0.4, 0.5) is 0 Å². The number of amidine groups is 1. The van der Waals surface area contributed by atoms with Crippen LogP contribution >= 0.6 is 11.6 Å². The first-order valence-electron chi connectivity index (χ1n) is 5.74. The highest BCUT2D eigenvalue weighted by Gasteiger charge is 2.07. The summed E-state index contributed by atoms with van der Waals surface area (Å²) in [7, 11) is 0. The average Bonchev–Trinajstić information content (AvgIpc) is 2.45. The van der Waals surface area contributed by atoms with E-state index in [0.29, 0.717) is 16.3 Å². The number of carbonyl (C=O) groups is 1. The first-order valence-corrected chi connectivity index (χ1v) is 6.11. The summed E-state index contributed by atoms with van der Waals surface area (Å²) in [5.41, 5.74) is 6.17. The molecule has 0 unspecified atom stereocenters. The van der Waals surface area contributed by atoms with Crippen LogP contribution in [0.15, 0.2) is 35.6 Å². The van der Waals surface area contributed by atoms with Gasteiger partial charge in [0.05, 0.1) is 5.02 Å². The Balaban J connectivity index is 2.16. The van der Waals surface area contributed by atoms with Crippen molar-refractivity contribution in [1.82, 2.24) is 4.98 Å². The molecule has 0 bridgehead atoms. The van der Waals surface area contributed by atoms with Gasteiger partial charge >= 0.3 is 5.97 Å². The van der Waals surface area contributed by atoms with E-state index < -0.39 is 5.97 Å². The Kier molecular flexibility index (Phi) is 4.37. The van der Waals surface area contributed by atoms with Gasteiger partial charge in [-0.05, 0) is 24.3 Å². The molecule has 20 heavy (non-hydrogen) atoms. The summed E-state index contributed by atoms with van der Waals surface area (Å²) in [4.78, 5) is 19.2. The summed E-state index contributed by atoms with van der Waals surface area (Å²) >= 11 is 6.07. The van der Waals surface area contributed by atoms with Crippen molar-refractivity contribution >= 4 is 34.3 Å². The fourth-order valence-electron chi connectivity index (χ4n) is 1.53. The lowest BCUT2D eigenvalue weighted by molar-refractivity contribution is -0.141. The molecule has 0 saturated carbocycles. The summed E-state index contributed by atoms with van der Waals surface area (Å²) in [6, 6.07) is 7.03. The maximum atomic E-state index is 10.6. The number of rotatable bonds is 4. The molecule has 0 aliphatic heterocycles. The van der Waals surface area contributed by atoms with Crippen LogP contribution in [0.25, 0.3) is 10.9 Å². The number of pyridine rings is 1. The standard InChI is InChI=1S/C13H12ClN3O3/c1-8(18)20-17-12(15)7-19-11-5-4-10(14)9-3-2-6-16-13(9)11/h2-6H,7H2,1H3,(H2,15,17). The average molecular weight is 294 g/mol. The number of hydrogen-bond acceptors (Lipinski definition) is 5. The van der Waals surface area contributed by atoms with Gasteiger partial charge in [0.1, 0.15) is 17.9 Å². The van der Waals surface area contributed by atoms with Gasteiger partial charge in [-0.25, -0.2) is 4.79 Å². The van der Waals surface area contributed by atoms with E-state index in [0.717, 1.165) is 5.39 Å². The fraction of sp³-hybridized carbons (Fsp3) is 0.154. The highest BCUT2D eigenvalue weighted by atomic mass is 35.5. The maximum absolute atomic E-state index is 10.6. The largest absolute Gasteiger partial charge is 0.483 e. The van der Waals surface area contributed by atoms with Crippen molar-refractivity contribution in [3.63, 3.8) is 0 Å². The Morgan fingerprint density at radius 1 is 1.45 bits per heavy atom. The van der Waals surface area contributed by atoms with Gasteiger partial charge in [0.2, 0.25) is 0 Å². The van der Waals surface area contributed by atoms with E-state index in [-0.39, 0.29) is 12.4 Å². The quantitative estimate of drug-likeness (QED) is 0.404. The van der Waals surface area contributed by atoms with Crippen LogP contribution in [0.3, 0.4) is 0 Å². The Morgan fingerprint density at radius 3 is 3.00 bits per heavy atom. The molecule has 0 spiro atoms. The molecule has 1 heterocycles. The summed E-state index contributed by atoms with van der Waals surface area (Å²) in [5, 5.41) is 4.77. The molecule has 0 aliphatic carbocycles. The first kappa shape index (κ1) is 14.1. The van der Waals surface area contributed by atoms with Crippen molar-refractivity contribution in [2.45, 2.75) is 6.92 Å². The fourth-order valence-corrected chi connectivity index (χ4v) is 1.74. The topological polar surface area (TPSA) is 86.8 Å². The van der Waals surface area contributed by atoms with Crippen LogP contribution in [-0.2, 0) is 9.63 Å². The zero-order chi connectivity index (χ0) is 14.5. The lowest BCUT2D eigenvalue weighted by Crippen LogP contribution is -2.22. The third-order valence-electron chi connectivity index (χ3n) is 2.35. The number of carbonyl (C=O) groups excluding carboxylic acids is 1. The third kappa shape index (κ3) is 3.36. The number of halogens is 1. The maximum Gasteiger partial charge on any atom is 0.332 e. The molecule has 2 N–H and O–H groups in total. The van der Waals surface area contributed by atoms with Gasteiger partial charge in [0.15, 0.2) is 5.84 Å². The lowest BCUT2D eigenvalue weighted by atomic mass is 10.2. The third-order valence-corrected chi connectivity index (χ3v) is 2.68. The van der Waals surface area contributed by atoms with Gasteiger partial charge in [-0.15, -0.1) is 0 Å². The number of fused-ring (bicyclic) bond motifs is 1. The lowest BCUT2D eigenvalue weighted by Gasteiger charge is -2.08. The van der Waals surface area contributed by atoms with E-state index in [4.69, 9.17) is 22.1 Å². The molecular weight excluding hydrogens is 282 g/mol. The normalized spacial score (nSPS) is 11.4. The predicted molar refractivity (Wildman–Crippen MR) is 75.6 cm³/mol. The Bertz CT molecular complexity index is 673. The molecular formula is C13H12ClN3O3. The van der Waals surface area contributed by atoms with Gasteiger partial charge in [0, 0.05) is 18.5 Å². The van der Waals surface area contributed by atoms with Crippen LogP contribution < -0.4 is 10.5 Å². The first-order chi connectivity index (χ1) is 9.58. The molecule has 6 nitrogen and oxygen atoms in total. The zero-order valence-corrected chi connectivity index (χ0v) is 11.4. The summed E-state index contributed by atoms with van der Waals surface area (Å²) in [6.45, 7) is 1.20. The molecule has 0 fully saturated rings. The van der Waals surface area contributed by atoms with Crippen molar-refractivity contribution < 1.29 is 14.4 Å². The minimum Gasteiger partial charge on any atom is -0.483 e. The number of ether oxygens (including phenoxy) is 1. The molecule has 2 aromatic rings. The van der Waals surface area contributed by atoms with Crippen molar-refractivity contribution in [3.8, 4) is 5.75 Å². The van der Waals surface area contributed by atoms with Crippen molar-refractivity contribution in [2.24, 2.45) is 10.9 Å². The van der Waals surface area contributed by atoms with Gasteiger partial charge in [-0.2, -0.15) is 0 Å². The van der Waals surface area contributed by atoms with E-state index in [2.05, 4.69) is 15.0 Å². The molecule has 1 aromatic carbocycles. The van der Waals surface area contributed by atoms with E-state index in [1.54, 1.807) is 24.4 Å². The Hall–Kier alpha value is -2.34. The van der Waals surface area contributed by atoms with Crippen LogP contribution in [-0.4, -0.2) is 23.4 Å². The van der Waals surface area contributed by atoms with Gasteiger partial charge in [-0.3, -0.25) is 4.98 Å². The van der Waals surface area contributed by atoms with Crippen LogP contribution in [0.5, 0.6) is 5.75 Å². The second kappa shape index (κ2) is 6.21. The summed E-state index contributed by atoms with van der Waals surface area (Å²) in [5.74, 6) is 0.0109. The number of hydrogen-bond donors (Lipinski definition) is 1. The van der Waals surface area contributed by atoms with Crippen LogP contribution in [0.2, 0.25) is 5.02 Å². The molecule has 0 atom stereocenters. The molecule has 0 amide bonds. The molecule has 104 valence electrons. The number of aromatic nitrogens is 1. The molecule has 0 radical (unpaired) electrons. The highest BCUT2D eigenvalue weighted by molar-refractivity contribution is 6.35. The van der Waals surface area contributed by atoms with Gasteiger partial charge < -0.3 is 15.3 Å². The molecule has 1 aromatic heterocycles. The van der Waals surface area contributed by atoms with Gasteiger partial charge in [0.25, 0.3) is 0 Å². The van der Waals surface area contributed by atoms with E-state index in [1.165, 1.54) is 6.92 Å². The van der Waals surface area contributed by atoms with Crippen LogP contribution in [0, 0.1) is 0 Å². The van der Waals surface area contributed by atoms with E-state index >= 15 is 0 Å². The summed E-state index contributed by atoms with van der Waals surface area (Å²) < 4.78 is 5.50. The highest BCUT2D eigenvalue weighted by Crippen LogP contribution is 2.29. The van der Waals surface area contributed by atoms with Gasteiger partial charge in [-0.1, -0.05) is 16.8 Å². The van der Waals surface area contributed by atoms with E-state index in [9.17, 15) is 4.79 Å². The second-order valence-electron chi connectivity index (χ2n) is 3.90. The van der Waals surface area contributed by atoms with E-state index in [1.807, 2.05) is 6.07 Å². The zero-order valence-electron chi connectivity index (χ0n) is 10.7. The molecule has 7 heteroatoms. The Morgan fingerprint density at radius 2 is 2.25 bits per heavy atom. The Labute approximate surface area is 120 Å². The number of nitrogens with two attached hydrogens (primary N) is 1. The van der Waals surface area contributed by atoms with Crippen molar-refractivity contribution in [1.29, 1.82) is 0 Å².